The number of benzene rings is 2. The quantitative estimate of drug-likeness (QED) is 0.772. The summed E-state index contributed by atoms with van der Waals surface area (Å²) in [6.07, 6.45) is 2.62. The van der Waals surface area contributed by atoms with Crippen molar-refractivity contribution in [3.63, 3.8) is 0 Å². The zero-order valence-electron chi connectivity index (χ0n) is 13.0. The highest BCUT2D eigenvalue weighted by atomic mass is 19.1. The fraction of sp³-hybridized carbons (Fsp3) is 0.111. The predicted octanol–water partition coefficient (Wildman–Crippen LogP) is 3.30. The molecule has 7 heteroatoms. The number of hydrogen-bond donors (Lipinski definition) is 1. The van der Waals surface area contributed by atoms with E-state index in [1.165, 1.54) is 41.6 Å². The van der Waals surface area contributed by atoms with Gasteiger partial charge in [0, 0.05) is 11.6 Å². The first kappa shape index (κ1) is 16.9. The third-order valence-corrected chi connectivity index (χ3v) is 3.93. The average Bonchev–Trinajstić information content (AvgIpc) is 3.07. The van der Waals surface area contributed by atoms with Crippen LogP contribution in [0.3, 0.4) is 0 Å². The first-order valence-electron chi connectivity index (χ1n) is 7.36. The molecule has 0 aliphatic carbocycles. The lowest BCUT2D eigenvalue weighted by Crippen LogP contribution is -2.34. The first-order chi connectivity index (χ1) is 11.9. The molecule has 0 saturated heterocycles. The Balaban J connectivity index is 2.10. The lowest BCUT2D eigenvalue weighted by Gasteiger charge is -2.31. The lowest BCUT2D eigenvalue weighted by molar-refractivity contribution is 0.0726. The number of hydrogen-bond acceptors (Lipinski definition) is 3. The summed E-state index contributed by atoms with van der Waals surface area (Å²) in [7, 11) is 0. The maximum atomic E-state index is 14.4. The largest absolute Gasteiger partial charge is 0.378 e. The van der Waals surface area contributed by atoms with Gasteiger partial charge in [0.2, 0.25) is 0 Å². The molecule has 0 saturated carbocycles. The summed E-state index contributed by atoms with van der Waals surface area (Å²) >= 11 is 0. The van der Waals surface area contributed by atoms with Gasteiger partial charge in [-0.25, -0.2) is 22.8 Å². The van der Waals surface area contributed by atoms with Gasteiger partial charge in [0.15, 0.2) is 0 Å². The topological polar surface area (TPSA) is 50.9 Å². The Hall–Kier alpha value is -2.93. The highest BCUT2D eigenvalue weighted by molar-refractivity contribution is 5.72. The molecule has 0 radical (unpaired) electrons. The zero-order chi connectivity index (χ0) is 18.0. The van der Waals surface area contributed by atoms with E-state index in [0.717, 1.165) is 12.1 Å². The highest BCUT2D eigenvalue weighted by Gasteiger charge is 2.37. The van der Waals surface area contributed by atoms with Gasteiger partial charge in [-0.3, -0.25) is 0 Å². The van der Waals surface area contributed by atoms with Crippen LogP contribution in [0.1, 0.15) is 11.1 Å². The van der Waals surface area contributed by atoms with Crippen LogP contribution in [0.2, 0.25) is 0 Å². The van der Waals surface area contributed by atoms with Gasteiger partial charge in [-0.15, -0.1) is 0 Å². The summed E-state index contributed by atoms with van der Waals surface area (Å²) in [5.74, 6) is -2.15. The first-order valence-corrected chi connectivity index (χ1v) is 7.36. The summed E-state index contributed by atoms with van der Waals surface area (Å²) < 4.78 is 42.1. The van der Waals surface area contributed by atoms with Gasteiger partial charge < -0.3 is 5.11 Å². The minimum Gasteiger partial charge on any atom is -0.378 e. The van der Waals surface area contributed by atoms with Crippen molar-refractivity contribution in [3.8, 4) is 0 Å². The van der Waals surface area contributed by atoms with Gasteiger partial charge in [-0.05, 0) is 35.4 Å². The van der Waals surface area contributed by atoms with Gasteiger partial charge in [-0.2, -0.15) is 5.10 Å². The van der Waals surface area contributed by atoms with Crippen molar-refractivity contribution in [2.75, 3.05) is 0 Å². The van der Waals surface area contributed by atoms with Gasteiger partial charge in [0.25, 0.3) is 0 Å². The molecule has 1 atom stereocenters. The standard InChI is InChI=1S/C18H14F3N3O/c1-12(13-2-4-14(19)5-3-13)18(25,9-24-11-22-10-23-24)16-7-6-15(20)8-17(16)21/h2-8,10-11,25H,1,9H2. The molecule has 1 heterocycles. The van der Waals surface area contributed by atoms with E-state index in [1.807, 2.05) is 0 Å². The number of aliphatic hydroxyl groups is 1. The Morgan fingerprint density at radius 3 is 2.36 bits per heavy atom. The van der Waals surface area contributed by atoms with Crippen molar-refractivity contribution in [1.29, 1.82) is 0 Å². The van der Waals surface area contributed by atoms with Crippen LogP contribution in [0.15, 0.2) is 61.7 Å². The second kappa shape index (κ2) is 6.52. The predicted molar refractivity (Wildman–Crippen MR) is 85.7 cm³/mol. The molecule has 4 nitrogen and oxygen atoms in total. The zero-order valence-corrected chi connectivity index (χ0v) is 13.0. The van der Waals surface area contributed by atoms with Crippen LogP contribution in [-0.4, -0.2) is 19.9 Å². The Morgan fingerprint density at radius 2 is 1.76 bits per heavy atom. The molecule has 0 bridgehead atoms. The van der Waals surface area contributed by atoms with Crippen molar-refractivity contribution in [3.05, 3.63) is 90.3 Å². The van der Waals surface area contributed by atoms with Crippen molar-refractivity contribution >= 4 is 5.57 Å². The van der Waals surface area contributed by atoms with E-state index >= 15 is 0 Å². The lowest BCUT2D eigenvalue weighted by atomic mass is 9.82. The van der Waals surface area contributed by atoms with Gasteiger partial charge >= 0.3 is 0 Å². The minimum atomic E-state index is -1.94. The summed E-state index contributed by atoms with van der Waals surface area (Å²) in [6.45, 7) is 3.65. The molecule has 25 heavy (non-hydrogen) atoms. The highest BCUT2D eigenvalue weighted by Crippen LogP contribution is 2.38. The monoisotopic (exact) mass is 345 g/mol. The molecule has 128 valence electrons. The van der Waals surface area contributed by atoms with Crippen molar-refractivity contribution < 1.29 is 18.3 Å². The van der Waals surface area contributed by atoms with E-state index in [2.05, 4.69) is 16.7 Å². The minimum absolute atomic E-state index is 0.119. The molecule has 1 aromatic heterocycles. The molecule has 0 amide bonds. The molecular weight excluding hydrogens is 331 g/mol. The second-order valence-electron chi connectivity index (χ2n) is 5.56. The van der Waals surface area contributed by atoms with Gasteiger partial charge in [-0.1, -0.05) is 18.7 Å². The Kier molecular flexibility index (Phi) is 4.41. The summed E-state index contributed by atoms with van der Waals surface area (Å²) in [6, 6.07) is 8.13. The molecular formula is C18H14F3N3O. The van der Waals surface area contributed by atoms with Crippen LogP contribution in [0.25, 0.3) is 5.57 Å². The van der Waals surface area contributed by atoms with Crippen molar-refractivity contribution in [1.82, 2.24) is 14.8 Å². The molecule has 3 aromatic rings. The molecule has 2 aromatic carbocycles. The van der Waals surface area contributed by atoms with Gasteiger partial charge in [0.1, 0.15) is 35.7 Å². The van der Waals surface area contributed by atoms with E-state index in [9.17, 15) is 18.3 Å². The smallest absolute Gasteiger partial charge is 0.137 e. The summed E-state index contributed by atoms with van der Waals surface area (Å²) in [5, 5.41) is 15.2. The molecule has 1 unspecified atom stereocenters. The molecule has 1 N–H and O–H groups in total. The van der Waals surface area contributed by atoms with Crippen molar-refractivity contribution in [2.45, 2.75) is 12.1 Å². The van der Waals surface area contributed by atoms with E-state index in [4.69, 9.17) is 0 Å². The van der Waals surface area contributed by atoms with E-state index < -0.39 is 23.1 Å². The molecule has 0 aliphatic heterocycles. The molecule has 3 rings (SSSR count). The second-order valence-corrected chi connectivity index (χ2v) is 5.56. The number of rotatable bonds is 5. The van der Waals surface area contributed by atoms with Gasteiger partial charge in [0.05, 0.1) is 6.54 Å². The van der Waals surface area contributed by atoms with E-state index in [-0.39, 0.29) is 17.7 Å². The van der Waals surface area contributed by atoms with Crippen LogP contribution >= 0.6 is 0 Å². The maximum absolute atomic E-state index is 14.4. The van der Waals surface area contributed by atoms with Crippen LogP contribution in [0.4, 0.5) is 13.2 Å². The number of aromatic nitrogens is 3. The third-order valence-electron chi connectivity index (χ3n) is 3.93. The molecule has 0 aliphatic rings. The molecule has 0 fully saturated rings. The maximum Gasteiger partial charge on any atom is 0.137 e. The Morgan fingerprint density at radius 1 is 1.08 bits per heavy atom. The molecule has 0 spiro atoms. The van der Waals surface area contributed by atoms with Crippen LogP contribution < -0.4 is 0 Å². The SMILES string of the molecule is C=C(c1ccc(F)cc1)C(O)(Cn1cncn1)c1ccc(F)cc1F. The Labute approximate surface area is 141 Å². The Bertz CT molecular complexity index is 894. The van der Waals surface area contributed by atoms with Crippen LogP contribution in [0, 0.1) is 17.5 Å². The number of nitrogens with zero attached hydrogens (tertiary/aromatic N) is 3. The van der Waals surface area contributed by atoms with Crippen LogP contribution in [-0.2, 0) is 12.1 Å². The van der Waals surface area contributed by atoms with E-state index in [1.54, 1.807) is 0 Å². The van der Waals surface area contributed by atoms with E-state index in [0.29, 0.717) is 11.6 Å². The fourth-order valence-corrected chi connectivity index (χ4v) is 2.61. The number of halogens is 3. The third kappa shape index (κ3) is 3.32. The average molecular weight is 345 g/mol. The fourth-order valence-electron chi connectivity index (χ4n) is 2.61. The van der Waals surface area contributed by atoms with Crippen LogP contribution in [0.5, 0.6) is 0 Å². The summed E-state index contributed by atoms with van der Waals surface area (Å²) in [5.41, 5.74) is -1.58. The normalized spacial score (nSPS) is 13.4. The summed E-state index contributed by atoms with van der Waals surface area (Å²) in [4.78, 5) is 3.79. The van der Waals surface area contributed by atoms with Crippen molar-refractivity contribution in [2.24, 2.45) is 0 Å².